The molecule has 1 fully saturated rings. The zero-order valence-electron chi connectivity index (χ0n) is 10.8. The van der Waals surface area contributed by atoms with Gasteiger partial charge in [0.1, 0.15) is 0 Å². The van der Waals surface area contributed by atoms with Crippen LogP contribution < -0.4 is 5.32 Å². The molecule has 0 unspecified atom stereocenters. The number of aryl methyl sites for hydroxylation is 1. The lowest BCUT2D eigenvalue weighted by molar-refractivity contribution is -0.137. The molecule has 2 amide bonds. The van der Waals surface area contributed by atoms with Crippen LogP contribution in [0.1, 0.15) is 12.0 Å². The summed E-state index contributed by atoms with van der Waals surface area (Å²) in [6.45, 7) is 1.81. The Balaban J connectivity index is 2.04. The number of carbonyl (C=O) groups is 3. The number of carboxylic acid groups (broad SMARTS) is 1. The van der Waals surface area contributed by atoms with Crippen LogP contribution in [-0.2, 0) is 9.59 Å². The Labute approximate surface area is 120 Å². The first-order valence-electron chi connectivity index (χ1n) is 6.05. The van der Waals surface area contributed by atoms with Crippen LogP contribution in [0, 0.1) is 6.92 Å². The van der Waals surface area contributed by atoms with Gasteiger partial charge < -0.3 is 10.4 Å². The molecule has 1 aliphatic heterocycles. The van der Waals surface area contributed by atoms with Gasteiger partial charge in [-0.05, 0) is 30.3 Å². The molecule has 1 aromatic rings. The summed E-state index contributed by atoms with van der Waals surface area (Å²) >= 11 is 0.870. The van der Waals surface area contributed by atoms with E-state index in [-0.39, 0.29) is 13.0 Å². The molecule has 0 spiro atoms. The maximum Gasteiger partial charge on any atom is 0.305 e. The number of imide groups is 1. The van der Waals surface area contributed by atoms with Crippen molar-refractivity contribution < 1.29 is 19.5 Å². The van der Waals surface area contributed by atoms with Gasteiger partial charge in [0.05, 0.1) is 6.42 Å². The molecule has 0 bridgehead atoms. The van der Waals surface area contributed by atoms with Crippen molar-refractivity contribution in [2.24, 2.45) is 0 Å². The number of aliphatic carboxylic acids is 1. The lowest BCUT2D eigenvalue weighted by atomic mass is 10.2. The molecule has 0 aromatic heterocycles. The second kappa shape index (κ2) is 5.96. The largest absolute Gasteiger partial charge is 0.481 e. The second-order valence-corrected chi connectivity index (χ2v) is 5.41. The molecule has 0 radical (unpaired) electrons. The van der Waals surface area contributed by atoms with Gasteiger partial charge in [-0.3, -0.25) is 19.3 Å². The van der Waals surface area contributed by atoms with Gasteiger partial charge in [-0.1, -0.05) is 18.2 Å². The fourth-order valence-corrected chi connectivity index (χ4v) is 2.75. The van der Waals surface area contributed by atoms with Crippen molar-refractivity contribution in [1.29, 1.82) is 0 Å². The zero-order valence-corrected chi connectivity index (χ0v) is 11.6. The van der Waals surface area contributed by atoms with Gasteiger partial charge in [-0.2, -0.15) is 0 Å². The minimum absolute atomic E-state index is 0.0913. The van der Waals surface area contributed by atoms with Gasteiger partial charge in [0.2, 0.25) is 0 Å². The number of benzene rings is 1. The van der Waals surface area contributed by atoms with E-state index in [9.17, 15) is 14.4 Å². The van der Waals surface area contributed by atoms with Crippen LogP contribution in [0.4, 0.5) is 10.5 Å². The molecule has 7 heteroatoms. The quantitative estimate of drug-likeness (QED) is 0.862. The summed E-state index contributed by atoms with van der Waals surface area (Å²) in [6.07, 6.45) is -0.241. The van der Waals surface area contributed by atoms with Crippen molar-refractivity contribution in [2.75, 3.05) is 11.9 Å². The predicted octanol–water partition coefficient (Wildman–Crippen LogP) is 1.90. The van der Waals surface area contributed by atoms with E-state index in [2.05, 4.69) is 5.32 Å². The normalized spacial score (nSPS) is 18.4. The number of para-hydroxylation sites is 1. The van der Waals surface area contributed by atoms with Crippen molar-refractivity contribution in [2.45, 2.75) is 18.7 Å². The van der Waals surface area contributed by atoms with E-state index in [1.165, 1.54) is 0 Å². The molecule has 20 heavy (non-hydrogen) atoms. The van der Waals surface area contributed by atoms with Crippen molar-refractivity contribution in [3.63, 3.8) is 0 Å². The molecular weight excluding hydrogens is 280 g/mol. The highest BCUT2D eigenvalue weighted by Gasteiger charge is 2.39. The van der Waals surface area contributed by atoms with Crippen LogP contribution in [0.15, 0.2) is 24.3 Å². The summed E-state index contributed by atoms with van der Waals surface area (Å²) in [5.41, 5.74) is 1.75. The molecule has 1 aliphatic rings. The number of amides is 2. The Morgan fingerprint density at radius 1 is 1.40 bits per heavy atom. The van der Waals surface area contributed by atoms with Gasteiger partial charge in [0.15, 0.2) is 5.37 Å². The first-order chi connectivity index (χ1) is 9.49. The van der Waals surface area contributed by atoms with Gasteiger partial charge in [0.25, 0.3) is 11.1 Å². The van der Waals surface area contributed by atoms with Crippen LogP contribution in [0.3, 0.4) is 0 Å². The fourth-order valence-electron chi connectivity index (χ4n) is 1.82. The second-order valence-electron chi connectivity index (χ2n) is 4.36. The van der Waals surface area contributed by atoms with Gasteiger partial charge in [-0.25, -0.2) is 0 Å². The van der Waals surface area contributed by atoms with Crippen LogP contribution in [0.2, 0.25) is 0 Å². The number of hydrogen-bond donors (Lipinski definition) is 2. The third-order valence-corrected chi connectivity index (χ3v) is 3.89. The molecule has 106 valence electrons. The standard InChI is InChI=1S/C13H14N2O4S/c1-8-4-2-3-5-9(8)14-11-12(18)15(13(19)20-11)7-6-10(16)17/h2-5,11,14H,6-7H2,1H3,(H,16,17)/t11-/m0/s1. The van der Waals surface area contributed by atoms with E-state index in [1.54, 1.807) is 0 Å². The molecule has 0 saturated carbocycles. The Morgan fingerprint density at radius 2 is 2.10 bits per heavy atom. The van der Waals surface area contributed by atoms with Crippen molar-refractivity contribution >= 4 is 34.6 Å². The average Bonchev–Trinajstić information content (AvgIpc) is 2.65. The topological polar surface area (TPSA) is 86.7 Å². The Morgan fingerprint density at radius 3 is 2.75 bits per heavy atom. The van der Waals surface area contributed by atoms with E-state index >= 15 is 0 Å². The third kappa shape index (κ3) is 3.11. The number of thioether (sulfide) groups is 1. The summed E-state index contributed by atoms with van der Waals surface area (Å²) in [5, 5.41) is 10.5. The van der Waals surface area contributed by atoms with E-state index < -0.39 is 22.5 Å². The van der Waals surface area contributed by atoms with E-state index in [0.29, 0.717) is 0 Å². The zero-order chi connectivity index (χ0) is 14.7. The Hall–Kier alpha value is -2.02. The number of anilines is 1. The summed E-state index contributed by atoms with van der Waals surface area (Å²) in [6, 6.07) is 7.45. The first kappa shape index (κ1) is 14.4. The molecule has 2 N–H and O–H groups in total. The molecular formula is C13H14N2O4S. The first-order valence-corrected chi connectivity index (χ1v) is 6.93. The summed E-state index contributed by atoms with van der Waals surface area (Å²) in [4.78, 5) is 35.3. The van der Waals surface area contributed by atoms with Crippen molar-refractivity contribution in [3.8, 4) is 0 Å². The average molecular weight is 294 g/mol. The molecule has 6 nitrogen and oxygen atoms in total. The molecule has 1 atom stereocenters. The molecule has 1 aromatic carbocycles. The summed E-state index contributed by atoms with van der Waals surface area (Å²) < 4.78 is 0. The highest BCUT2D eigenvalue weighted by molar-refractivity contribution is 8.15. The van der Waals surface area contributed by atoms with Crippen molar-refractivity contribution in [3.05, 3.63) is 29.8 Å². The smallest absolute Gasteiger partial charge is 0.305 e. The van der Waals surface area contributed by atoms with Crippen LogP contribution in [0.25, 0.3) is 0 Å². The number of carbonyl (C=O) groups excluding carboxylic acids is 2. The van der Waals surface area contributed by atoms with E-state index in [1.807, 2.05) is 31.2 Å². The van der Waals surface area contributed by atoms with Crippen LogP contribution >= 0.6 is 11.8 Å². The molecule has 1 heterocycles. The number of nitrogens with one attached hydrogen (secondary N) is 1. The molecule has 0 aliphatic carbocycles. The third-order valence-electron chi connectivity index (χ3n) is 2.91. The van der Waals surface area contributed by atoms with Gasteiger partial charge >= 0.3 is 5.97 Å². The fraction of sp³-hybridized carbons (Fsp3) is 0.308. The number of hydrogen-bond acceptors (Lipinski definition) is 5. The van der Waals surface area contributed by atoms with Crippen LogP contribution in [0.5, 0.6) is 0 Å². The van der Waals surface area contributed by atoms with Crippen molar-refractivity contribution in [1.82, 2.24) is 4.90 Å². The SMILES string of the molecule is Cc1ccccc1N[C@H]1SC(=O)N(CCC(=O)O)C1=O. The van der Waals surface area contributed by atoms with Gasteiger partial charge in [0, 0.05) is 12.2 Å². The number of nitrogens with zero attached hydrogens (tertiary/aromatic N) is 1. The van der Waals surface area contributed by atoms with Crippen LogP contribution in [-0.4, -0.2) is 39.0 Å². The molecule has 1 saturated heterocycles. The predicted molar refractivity (Wildman–Crippen MR) is 75.5 cm³/mol. The van der Waals surface area contributed by atoms with Gasteiger partial charge in [-0.15, -0.1) is 0 Å². The number of carboxylic acids is 1. The Kier molecular flexibility index (Phi) is 4.29. The monoisotopic (exact) mass is 294 g/mol. The van der Waals surface area contributed by atoms with E-state index in [4.69, 9.17) is 5.11 Å². The lowest BCUT2D eigenvalue weighted by Crippen LogP contribution is -2.35. The highest BCUT2D eigenvalue weighted by Crippen LogP contribution is 2.29. The Bertz CT molecular complexity index is 561. The highest BCUT2D eigenvalue weighted by atomic mass is 32.2. The molecule has 2 rings (SSSR count). The maximum atomic E-state index is 12.1. The van der Waals surface area contributed by atoms with E-state index in [0.717, 1.165) is 27.9 Å². The number of rotatable bonds is 5. The summed E-state index contributed by atoms with van der Waals surface area (Å²) in [5.74, 6) is -1.43. The minimum atomic E-state index is -1.04. The summed E-state index contributed by atoms with van der Waals surface area (Å²) in [7, 11) is 0. The maximum absolute atomic E-state index is 12.1. The minimum Gasteiger partial charge on any atom is -0.481 e. The lowest BCUT2D eigenvalue weighted by Gasteiger charge is -2.15.